The van der Waals surface area contributed by atoms with E-state index in [0.29, 0.717) is 0 Å². The van der Waals surface area contributed by atoms with Crippen LogP contribution in [0.2, 0.25) is 0 Å². The van der Waals surface area contributed by atoms with Crippen LogP contribution in [-0.2, 0) is 27.1 Å². The summed E-state index contributed by atoms with van der Waals surface area (Å²) < 4.78 is 10.0. The Labute approximate surface area is 512 Å². The predicted molar refractivity (Wildman–Crippen MR) is 369 cm³/mol. The van der Waals surface area contributed by atoms with Crippen LogP contribution < -0.4 is 20.6 Å². The summed E-state index contributed by atoms with van der Waals surface area (Å²) in [5.74, 6) is 0.875. The molecule has 0 N–H and O–H groups in total. The molecule has 16 rings (SSSR count). The van der Waals surface area contributed by atoms with Crippen molar-refractivity contribution in [3.63, 3.8) is 0 Å². The third kappa shape index (κ3) is 7.78. The maximum Gasteiger partial charge on any atom is 0.333 e. The first kappa shape index (κ1) is 53.1. The van der Waals surface area contributed by atoms with Gasteiger partial charge >= 0.3 is 6.85 Å². The predicted octanol–water partition coefficient (Wildman–Crippen LogP) is 21.8. The first-order chi connectivity index (χ1) is 41.2. The van der Waals surface area contributed by atoms with Gasteiger partial charge in [-0.25, -0.2) is 0 Å². The van der Waals surface area contributed by atoms with Gasteiger partial charge in [0.2, 0.25) is 0 Å². The number of hydrogen-bond donors (Lipinski definition) is 0. The van der Waals surface area contributed by atoms with Crippen molar-refractivity contribution in [2.75, 3.05) is 9.71 Å². The highest BCUT2D eigenvalue weighted by Gasteiger charge is 2.50. The standard InChI is InChI=1S/C81H73BN2OS/c1-77(2,3)51-32-35-53(36-33-51)84-68-46-63-56(57-43-64-65(45-62(57)81(63,11)12)80(9,10)39-38-79(64,7)8)41-58(68)59-42-60-54-30-22-23-31-71(54)86-76(60)74-73(59)82(84)66-47-70-61(72(49-26-18-14-19-27-49)75(85-70)50-28-20-15-21-29-50)44-69(66)83(74)67-37-34-52(78(4,5)6)40-55(67)48-24-16-13-17-25-48/h13-37,40-47H,38-39H2,1-12H3. The second kappa shape index (κ2) is 18.3. The van der Waals surface area contributed by atoms with Gasteiger partial charge in [0.25, 0.3) is 0 Å². The van der Waals surface area contributed by atoms with Crippen molar-refractivity contribution in [3.8, 4) is 55.8 Å². The molecule has 0 fully saturated rings. The van der Waals surface area contributed by atoms with E-state index in [1.165, 1.54) is 122 Å². The summed E-state index contributed by atoms with van der Waals surface area (Å²) in [6.45, 7) is 28.6. The Morgan fingerprint density at radius 1 is 0.453 bits per heavy atom. The molecule has 86 heavy (non-hydrogen) atoms. The number of benzene rings is 10. The fourth-order valence-corrected chi connectivity index (χ4v) is 16.7. The quantitative estimate of drug-likeness (QED) is 0.160. The summed E-state index contributed by atoms with van der Waals surface area (Å²) in [5, 5.41) is 3.66. The van der Waals surface area contributed by atoms with Gasteiger partial charge in [0.1, 0.15) is 11.3 Å². The Bertz CT molecular complexity index is 4800. The van der Waals surface area contributed by atoms with Crippen LogP contribution in [-0.4, -0.2) is 6.85 Å². The smallest absolute Gasteiger partial charge is 0.333 e. The minimum atomic E-state index is -0.267. The zero-order valence-electron chi connectivity index (χ0n) is 51.8. The molecule has 3 nitrogen and oxygen atoms in total. The van der Waals surface area contributed by atoms with E-state index in [-0.39, 0.29) is 33.9 Å². The van der Waals surface area contributed by atoms with Crippen molar-refractivity contribution in [2.45, 2.75) is 123 Å². The van der Waals surface area contributed by atoms with Crippen molar-refractivity contribution in [1.29, 1.82) is 0 Å². The monoisotopic (exact) mass is 1130 g/mol. The largest absolute Gasteiger partial charge is 0.455 e. The summed E-state index contributed by atoms with van der Waals surface area (Å²) in [7, 11) is 0. The van der Waals surface area contributed by atoms with Crippen LogP contribution in [0.15, 0.2) is 205 Å². The van der Waals surface area contributed by atoms with E-state index in [2.05, 4.69) is 293 Å². The number of anilines is 5. The lowest BCUT2D eigenvalue weighted by molar-refractivity contribution is 0.331. The molecule has 0 saturated carbocycles. The average molecular weight is 1130 g/mol. The number of rotatable bonds is 5. The summed E-state index contributed by atoms with van der Waals surface area (Å²) in [4.78, 5) is 5.44. The molecule has 2 aliphatic heterocycles. The molecule has 422 valence electrons. The van der Waals surface area contributed by atoms with E-state index in [1.807, 2.05) is 11.3 Å². The van der Waals surface area contributed by atoms with E-state index in [0.717, 1.165) is 50.5 Å². The van der Waals surface area contributed by atoms with Gasteiger partial charge < -0.3 is 14.1 Å². The molecular formula is C81H73BN2OS. The Morgan fingerprint density at radius 3 is 1.72 bits per heavy atom. The number of hydrogen-bond acceptors (Lipinski definition) is 4. The molecule has 0 bridgehead atoms. The van der Waals surface area contributed by atoms with Crippen LogP contribution in [0.4, 0.5) is 28.4 Å². The van der Waals surface area contributed by atoms with Crippen LogP contribution in [0.1, 0.15) is 129 Å². The van der Waals surface area contributed by atoms with E-state index in [4.69, 9.17) is 4.42 Å². The van der Waals surface area contributed by atoms with E-state index >= 15 is 0 Å². The molecule has 0 spiro atoms. The Balaban J connectivity index is 1.09. The fourth-order valence-electron chi connectivity index (χ4n) is 15.5. The zero-order valence-corrected chi connectivity index (χ0v) is 52.6. The minimum Gasteiger partial charge on any atom is -0.455 e. The van der Waals surface area contributed by atoms with Gasteiger partial charge in [-0.3, -0.25) is 0 Å². The minimum absolute atomic E-state index is 0.0292. The molecule has 0 saturated heterocycles. The van der Waals surface area contributed by atoms with Crippen molar-refractivity contribution >= 4 is 88.7 Å². The second-order valence-corrected chi connectivity index (χ2v) is 30.2. The SMILES string of the molecule is CC(C)(C)c1ccc(N2B3c4cc5oc(-c6ccccc6)c(-c6ccccc6)c5cc4N(c4ccc(C(C)(C)C)cc4-c4ccccc4)c4c3c(cc3c4sc4ccccc43)-c3cc4c(cc32)C(C)(C)c2cc3c(cc2-4)C(C)(C)CCC3(C)C)cc1. The van der Waals surface area contributed by atoms with Crippen LogP contribution in [0.25, 0.3) is 87.0 Å². The molecule has 4 heterocycles. The molecule has 4 aliphatic rings. The molecule has 10 aromatic carbocycles. The van der Waals surface area contributed by atoms with E-state index in [9.17, 15) is 0 Å². The van der Waals surface area contributed by atoms with E-state index < -0.39 is 0 Å². The Hall–Kier alpha value is -8.38. The van der Waals surface area contributed by atoms with Crippen LogP contribution in [0.5, 0.6) is 0 Å². The maximum absolute atomic E-state index is 7.46. The summed E-state index contributed by atoms with van der Waals surface area (Å²) >= 11 is 1.94. The van der Waals surface area contributed by atoms with Crippen molar-refractivity contribution in [1.82, 2.24) is 0 Å². The Kier molecular flexibility index (Phi) is 11.3. The van der Waals surface area contributed by atoms with Crippen molar-refractivity contribution in [3.05, 3.63) is 234 Å². The molecule has 0 unspecified atom stereocenters. The lowest BCUT2D eigenvalue weighted by Crippen LogP contribution is -2.61. The molecule has 2 aromatic heterocycles. The van der Waals surface area contributed by atoms with E-state index in [1.54, 1.807) is 0 Å². The van der Waals surface area contributed by atoms with Crippen LogP contribution in [0, 0.1) is 0 Å². The maximum atomic E-state index is 7.46. The van der Waals surface area contributed by atoms with Gasteiger partial charge in [-0.1, -0.05) is 217 Å². The molecule has 2 aliphatic carbocycles. The van der Waals surface area contributed by atoms with Gasteiger partial charge in [0.05, 0.1) is 16.1 Å². The number of fused-ring (bicyclic) bond motifs is 13. The summed E-state index contributed by atoms with van der Waals surface area (Å²) in [6, 6.07) is 76.9. The third-order valence-corrected chi connectivity index (χ3v) is 21.6. The fraction of sp³-hybridized carbons (Fsp3) is 0.235. The van der Waals surface area contributed by atoms with Gasteiger partial charge in [0, 0.05) is 65.6 Å². The lowest BCUT2D eigenvalue weighted by atomic mass is 9.43. The molecular weight excluding hydrogens is 1060 g/mol. The Morgan fingerprint density at radius 2 is 1.05 bits per heavy atom. The highest BCUT2D eigenvalue weighted by molar-refractivity contribution is 7.26. The first-order valence-corrected chi connectivity index (χ1v) is 32.0. The van der Waals surface area contributed by atoms with Gasteiger partial charge in [-0.05, 0) is 173 Å². The molecule has 0 radical (unpaired) electrons. The lowest BCUT2D eigenvalue weighted by Gasteiger charge is -2.46. The summed E-state index contributed by atoms with van der Waals surface area (Å²) in [5.41, 5.74) is 28.5. The van der Waals surface area contributed by atoms with Crippen LogP contribution in [0.3, 0.4) is 0 Å². The van der Waals surface area contributed by atoms with Gasteiger partial charge in [-0.15, -0.1) is 11.3 Å². The molecule has 12 aromatic rings. The number of thiophene rings is 1. The molecule has 5 heteroatoms. The molecule has 0 atom stereocenters. The third-order valence-electron chi connectivity index (χ3n) is 20.4. The normalized spacial score (nSPS) is 16.0. The highest BCUT2D eigenvalue weighted by Crippen LogP contribution is 2.60. The number of nitrogens with zero attached hydrogens (tertiary/aromatic N) is 2. The molecule has 0 amide bonds. The topological polar surface area (TPSA) is 19.6 Å². The van der Waals surface area contributed by atoms with Crippen molar-refractivity contribution in [2.24, 2.45) is 0 Å². The second-order valence-electron chi connectivity index (χ2n) is 29.1. The first-order valence-electron chi connectivity index (χ1n) is 31.1. The van der Waals surface area contributed by atoms with Gasteiger partial charge in [0.15, 0.2) is 0 Å². The highest BCUT2D eigenvalue weighted by atomic mass is 32.1. The summed E-state index contributed by atoms with van der Waals surface area (Å²) in [6.07, 6.45) is 2.35. The average Bonchev–Trinajstić information content (AvgIpc) is 1.23. The zero-order chi connectivity index (χ0) is 59.1. The van der Waals surface area contributed by atoms with Crippen LogP contribution >= 0.6 is 11.3 Å². The van der Waals surface area contributed by atoms with Gasteiger partial charge in [-0.2, -0.15) is 0 Å². The van der Waals surface area contributed by atoms with Crippen molar-refractivity contribution < 1.29 is 4.42 Å². The number of furan rings is 1.